The van der Waals surface area contributed by atoms with Crippen LogP contribution in [0.5, 0.6) is 0 Å². The number of hydrogen-bond acceptors (Lipinski definition) is 6. The highest BCUT2D eigenvalue weighted by Crippen LogP contribution is 2.58. The van der Waals surface area contributed by atoms with Crippen LogP contribution >= 0.6 is 0 Å². The molecule has 0 atom stereocenters. The van der Waals surface area contributed by atoms with Crippen LogP contribution in [0.2, 0.25) is 0 Å². The van der Waals surface area contributed by atoms with Gasteiger partial charge in [0.05, 0.1) is 14.8 Å². The van der Waals surface area contributed by atoms with Crippen molar-refractivity contribution >= 4 is 114 Å². The molecule has 0 aliphatic rings. The minimum atomic E-state index is -0.399. The Kier molecular flexibility index (Phi) is 9.75. The van der Waals surface area contributed by atoms with Crippen LogP contribution < -0.4 is 0 Å². The second kappa shape index (κ2) is 17.2. The molecule has 0 saturated heterocycles. The standard InChI is InChI=1S/C72H39N3O6/c76-73(77)58-28-22-46(23-29-58)67-70(55-34-49-16-10-40-4-1-5-41-11-17-50(35-55)64(49)61(40)41)68(47-24-30-59(31-25-47)74(78)79)72(57-38-53-20-14-44-8-3-9-45-15-21-54(39-57)66(53)63(44)45)69(48-26-32-60(33-27-48)75(80)81)71(67)56-36-51-18-12-42-6-2-7-43-13-19-52(37-56)65(51)62(42)43/h1-39H. The minimum absolute atomic E-state index is 0.0792. The Labute approximate surface area is 460 Å². The highest BCUT2D eigenvalue weighted by molar-refractivity contribution is 6.28. The van der Waals surface area contributed by atoms with Crippen LogP contribution in [0.4, 0.5) is 17.1 Å². The monoisotopic (exact) mass is 1040 g/mol. The van der Waals surface area contributed by atoms with Gasteiger partial charge in [0, 0.05) is 36.4 Å². The topological polar surface area (TPSA) is 129 Å². The first-order valence-electron chi connectivity index (χ1n) is 26.6. The van der Waals surface area contributed by atoms with Gasteiger partial charge in [0.15, 0.2) is 0 Å². The summed E-state index contributed by atoms with van der Waals surface area (Å²) in [5, 5.41) is 57.2. The van der Waals surface area contributed by atoms with Gasteiger partial charge in [-0.3, -0.25) is 30.3 Å². The van der Waals surface area contributed by atoms with Crippen molar-refractivity contribution in [1.29, 1.82) is 0 Å². The van der Waals surface area contributed by atoms with Crippen LogP contribution in [0.3, 0.4) is 0 Å². The summed E-state index contributed by atoms with van der Waals surface area (Å²) in [5.74, 6) is 0. The van der Waals surface area contributed by atoms with Crippen molar-refractivity contribution in [3.8, 4) is 66.8 Å². The minimum Gasteiger partial charge on any atom is -0.258 e. The molecule has 9 heteroatoms. The van der Waals surface area contributed by atoms with Crippen molar-refractivity contribution in [2.75, 3.05) is 0 Å². The zero-order valence-electron chi connectivity index (χ0n) is 42.8. The molecule has 16 aromatic rings. The largest absolute Gasteiger partial charge is 0.269 e. The molecule has 0 aromatic heterocycles. The molecule has 0 saturated carbocycles. The molecule has 0 unspecified atom stereocenters. The van der Waals surface area contributed by atoms with Crippen LogP contribution in [0, 0.1) is 30.3 Å². The van der Waals surface area contributed by atoms with Crippen molar-refractivity contribution < 1.29 is 14.8 Å². The van der Waals surface area contributed by atoms with Gasteiger partial charge in [-0.2, -0.15) is 0 Å². The first-order chi connectivity index (χ1) is 39.6. The maximum atomic E-state index is 12.6. The average molecular weight is 1040 g/mol. The lowest BCUT2D eigenvalue weighted by Gasteiger charge is -2.29. The zero-order valence-corrected chi connectivity index (χ0v) is 42.8. The number of rotatable bonds is 9. The van der Waals surface area contributed by atoms with Crippen LogP contribution in [0.1, 0.15) is 0 Å². The van der Waals surface area contributed by atoms with Crippen LogP contribution in [-0.4, -0.2) is 14.8 Å². The fourth-order valence-electron chi connectivity index (χ4n) is 13.4. The van der Waals surface area contributed by atoms with Crippen LogP contribution in [-0.2, 0) is 0 Å². The zero-order chi connectivity index (χ0) is 54.4. The maximum absolute atomic E-state index is 12.6. The van der Waals surface area contributed by atoms with E-state index in [-0.39, 0.29) is 17.1 Å². The molecule has 0 radical (unpaired) electrons. The van der Waals surface area contributed by atoms with Crippen molar-refractivity contribution in [3.63, 3.8) is 0 Å². The second-order valence-corrected chi connectivity index (χ2v) is 21.2. The molecule has 0 aliphatic heterocycles. The van der Waals surface area contributed by atoms with Gasteiger partial charge >= 0.3 is 0 Å². The number of hydrogen-bond donors (Lipinski definition) is 0. The predicted octanol–water partition coefficient (Wildman–Crippen LogP) is 20.1. The smallest absolute Gasteiger partial charge is 0.258 e. The van der Waals surface area contributed by atoms with E-state index in [1.54, 1.807) is 0 Å². The molecular formula is C72H39N3O6. The van der Waals surface area contributed by atoms with E-state index in [2.05, 4.69) is 164 Å². The Morgan fingerprint density at radius 3 is 0.568 bits per heavy atom. The molecule has 378 valence electrons. The third kappa shape index (κ3) is 6.92. The van der Waals surface area contributed by atoms with Gasteiger partial charge in [-0.05, 0) is 237 Å². The average Bonchev–Trinajstić information content (AvgIpc) is 3.67. The van der Waals surface area contributed by atoms with E-state index >= 15 is 0 Å². The summed E-state index contributed by atoms with van der Waals surface area (Å²) in [6.45, 7) is 0. The van der Waals surface area contributed by atoms with Crippen LogP contribution in [0.15, 0.2) is 237 Å². The number of nitro groups is 3. The van der Waals surface area contributed by atoms with E-state index in [1.807, 2.05) is 36.4 Å². The van der Waals surface area contributed by atoms with Gasteiger partial charge in [-0.15, -0.1) is 0 Å². The first kappa shape index (κ1) is 46.0. The third-order valence-corrected chi connectivity index (χ3v) is 16.9. The van der Waals surface area contributed by atoms with Gasteiger partial charge < -0.3 is 0 Å². The van der Waals surface area contributed by atoms with E-state index < -0.39 is 14.8 Å². The fraction of sp³-hybridized carbons (Fsp3) is 0. The van der Waals surface area contributed by atoms with Crippen molar-refractivity contribution in [3.05, 3.63) is 267 Å². The Morgan fingerprint density at radius 2 is 0.370 bits per heavy atom. The molecule has 9 nitrogen and oxygen atoms in total. The number of non-ortho nitro benzene ring substituents is 3. The first-order valence-corrected chi connectivity index (χ1v) is 26.6. The molecule has 0 bridgehead atoms. The summed E-state index contributed by atoms with van der Waals surface area (Å²) in [7, 11) is 0. The summed E-state index contributed by atoms with van der Waals surface area (Å²) < 4.78 is 0. The van der Waals surface area contributed by atoms with Gasteiger partial charge in [-0.25, -0.2) is 0 Å². The molecule has 0 N–H and O–H groups in total. The maximum Gasteiger partial charge on any atom is 0.269 e. The molecule has 0 aliphatic carbocycles. The molecule has 0 heterocycles. The summed E-state index contributed by atoms with van der Waals surface area (Å²) in [4.78, 5) is 36.5. The van der Waals surface area contributed by atoms with E-state index in [4.69, 9.17) is 0 Å². The summed E-state index contributed by atoms with van der Waals surface area (Å²) >= 11 is 0. The number of nitro benzene ring substituents is 3. The highest BCUT2D eigenvalue weighted by Gasteiger charge is 2.32. The van der Waals surface area contributed by atoms with Crippen molar-refractivity contribution in [2.24, 2.45) is 0 Å². The van der Waals surface area contributed by atoms with Gasteiger partial charge in [-0.1, -0.05) is 127 Å². The Hall–Kier alpha value is -11.2. The van der Waals surface area contributed by atoms with E-state index in [9.17, 15) is 30.3 Å². The highest BCUT2D eigenvalue weighted by atomic mass is 16.6. The SMILES string of the molecule is O=[N+]([O-])c1ccc(-c2c(-c3cc4ccc5cccc6ccc(c3)c4c56)c(-c3ccc([N+](=O)[O-])cc3)c(-c3cc4ccc5cccc6ccc(c3)c4c56)c(-c3ccc([N+](=O)[O-])cc3)c2-c2cc3ccc4cccc5ccc(c2)c3c45)cc1. The van der Waals surface area contributed by atoms with Gasteiger partial charge in [0.25, 0.3) is 17.1 Å². The van der Waals surface area contributed by atoms with Crippen molar-refractivity contribution in [2.45, 2.75) is 0 Å². The molecule has 81 heavy (non-hydrogen) atoms. The predicted molar refractivity (Wildman–Crippen MR) is 330 cm³/mol. The molecule has 16 rings (SSSR count). The molecule has 0 amide bonds. The number of benzene rings is 16. The molecule has 0 spiro atoms. The van der Waals surface area contributed by atoms with E-state index in [0.717, 1.165) is 147 Å². The molecule has 16 aromatic carbocycles. The lowest BCUT2D eigenvalue weighted by Crippen LogP contribution is -2.03. The normalized spacial score (nSPS) is 12.0. The fourth-order valence-corrected chi connectivity index (χ4v) is 13.4. The Bertz CT molecular complexity index is 4620. The second-order valence-electron chi connectivity index (χ2n) is 21.2. The lowest BCUT2D eigenvalue weighted by molar-refractivity contribution is -0.385. The number of nitrogens with zero attached hydrogens (tertiary/aromatic N) is 3. The quantitative estimate of drug-likeness (QED) is 0.0804. The van der Waals surface area contributed by atoms with Crippen LogP contribution in [0.25, 0.3) is 164 Å². The van der Waals surface area contributed by atoms with E-state index in [0.29, 0.717) is 16.7 Å². The molecular weight excluding hydrogens is 1000 g/mol. The lowest BCUT2D eigenvalue weighted by atomic mass is 9.73. The van der Waals surface area contributed by atoms with Gasteiger partial charge in [0.1, 0.15) is 0 Å². The Morgan fingerprint density at radius 1 is 0.198 bits per heavy atom. The third-order valence-electron chi connectivity index (χ3n) is 16.9. The van der Waals surface area contributed by atoms with Gasteiger partial charge in [0.2, 0.25) is 0 Å². The summed E-state index contributed by atoms with van der Waals surface area (Å²) in [6, 6.07) is 78.4. The van der Waals surface area contributed by atoms with E-state index in [1.165, 1.54) is 36.4 Å². The summed E-state index contributed by atoms with van der Waals surface area (Å²) in [5.41, 5.74) is 8.91. The Balaban J connectivity index is 1.17. The summed E-state index contributed by atoms with van der Waals surface area (Å²) in [6.07, 6.45) is 0. The van der Waals surface area contributed by atoms with Crippen molar-refractivity contribution in [1.82, 2.24) is 0 Å². The molecule has 0 fully saturated rings.